The van der Waals surface area contributed by atoms with Crippen molar-refractivity contribution in [2.75, 3.05) is 11.9 Å². The first-order chi connectivity index (χ1) is 12.4. The first-order valence-corrected chi connectivity index (χ1v) is 8.44. The summed E-state index contributed by atoms with van der Waals surface area (Å²) in [5.74, 6) is -1.53. The normalized spacial score (nSPS) is 19.2. The lowest BCUT2D eigenvalue weighted by atomic mass is 10.0. The molecule has 6 nitrogen and oxygen atoms in total. The van der Waals surface area contributed by atoms with Crippen molar-refractivity contribution < 1.29 is 14.0 Å². The van der Waals surface area contributed by atoms with Crippen LogP contribution in [-0.2, 0) is 4.79 Å². The summed E-state index contributed by atoms with van der Waals surface area (Å²) in [6.07, 6.45) is 0.513. The Bertz CT molecular complexity index is 905. The number of aromatic amines is 1. The van der Waals surface area contributed by atoms with Crippen molar-refractivity contribution in [1.29, 1.82) is 5.26 Å². The molecule has 1 aromatic carbocycles. The molecule has 1 fully saturated rings. The highest BCUT2D eigenvalue weighted by molar-refractivity contribution is 6.29. The van der Waals surface area contributed by atoms with E-state index in [0.717, 1.165) is 6.07 Å². The summed E-state index contributed by atoms with van der Waals surface area (Å²) < 4.78 is 13.4. The first-order valence-electron chi connectivity index (χ1n) is 8.06. The average molecular weight is 375 g/mol. The summed E-state index contributed by atoms with van der Waals surface area (Å²) in [4.78, 5) is 29.5. The van der Waals surface area contributed by atoms with Gasteiger partial charge in [-0.25, -0.2) is 4.39 Å². The molecule has 2 amide bonds. The molecule has 0 radical (unpaired) electrons. The summed E-state index contributed by atoms with van der Waals surface area (Å²) in [5, 5.41) is 11.9. The van der Waals surface area contributed by atoms with Crippen molar-refractivity contribution in [3.8, 4) is 6.07 Å². The Hall–Kier alpha value is -2.85. The van der Waals surface area contributed by atoms with E-state index >= 15 is 0 Å². The predicted octanol–water partition coefficient (Wildman–Crippen LogP) is 3.17. The van der Waals surface area contributed by atoms with Crippen LogP contribution in [0.3, 0.4) is 0 Å². The van der Waals surface area contributed by atoms with E-state index in [0.29, 0.717) is 29.5 Å². The molecule has 0 unspecified atom stereocenters. The highest BCUT2D eigenvalue weighted by atomic mass is 35.5. The van der Waals surface area contributed by atoms with Crippen LogP contribution in [0, 0.1) is 23.1 Å². The summed E-state index contributed by atoms with van der Waals surface area (Å²) in [5.41, 5.74) is 0.587. The number of carbonyl (C=O) groups excluding carboxylic acids is 2. The van der Waals surface area contributed by atoms with E-state index in [2.05, 4.69) is 10.3 Å². The highest BCUT2D eigenvalue weighted by Crippen LogP contribution is 2.27. The van der Waals surface area contributed by atoms with Gasteiger partial charge in [0, 0.05) is 18.3 Å². The molecule has 1 aromatic heterocycles. The minimum atomic E-state index is -0.638. The van der Waals surface area contributed by atoms with Gasteiger partial charge in [-0.15, -0.1) is 0 Å². The first kappa shape index (κ1) is 18.0. The third-order valence-electron chi connectivity index (χ3n) is 4.59. The number of hydrogen-bond acceptors (Lipinski definition) is 3. The highest BCUT2D eigenvalue weighted by Gasteiger charge is 2.38. The summed E-state index contributed by atoms with van der Waals surface area (Å²) >= 11 is 5.81. The molecule has 8 heteroatoms. The standard InChI is InChI=1S/C18H16ClFN4O2/c1-10-13(6-7-24(10)18(26)15-4-5-16(19)23-15)17(25)22-12-2-3-14(20)11(8-12)9-21/h2-5,8,10,13,23H,6-7H2,1H3,(H,22,25)/t10-,13-/m0/s1. The average Bonchev–Trinajstić information content (AvgIpc) is 3.22. The fraction of sp³-hybridized carbons (Fsp3) is 0.278. The second kappa shape index (κ2) is 7.18. The topological polar surface area (TPSA) is 89.0 Å². The van der Waals surface area contributed by atoms with Crippen molar-refractivity contribution in [1.82, 2.24) is 9.88 Å². The number of likely N-dealkylation sites (tertiary alicyclic amines) is 1. The predicted molar refractivity (Wildman–Crippen MR) is 94.2 cm³/mol. The van der Waals surface area contributed by atoms with Gasteiger partial charge < -0.3 is 15.2 Å². The lowest BCUT2D eigenvalue weighted by Crippen LogP contribution is -2.39. The lowest BCUT2D eigenvalue weighted by molar-refractivity contribution is -0.120. The quantitative estimate of drug-likeness (QED) is 0.864. The largest absolute Gasteiger partial charge is 0.342 e. The van der Waals surface area contributed by atoms with Crippen molar-refractivity contribution in [2.45, 2.75) is 19.4 Å². The van der Waals surface area contributed by atoms with Crippen LogP contribution in [0.2, 0.25) is 5.15 Å². The molecule has 1 aliphatic rings. The zero-order valence-electron chi connectivity index (χ0n) is 13.9. The van der Waals surface area contributed by atoms with Crippen LogP contribution in [0.25, 0.3) is 0 Å². The number of nitrogens with zero attached hydrogens (tertiary/aromatic N) is 2. The number of carbonyl (C=O) groups is 2. The number of anilines is 1. The number of halogens is 2. The summed E-state index contributed by atoms with van der Waals surface area (Å²) in [6.45, 7) is 2.26. The zero-order valence-corrected chi connectivity index (χ0v) is 14.7. The second-order valence-corrected chi connectivity index (χ2v) is 6.56. The zero-order chi connectivity index (χ0) is 18.8. The molecule has 2 N–H and O–H groups in total. The van der Waals surface area contributed by atoms with Gasteiger partial charge in [0.25, 0.3) is 5.91 Å². The number of nitriles is 1. The molecule has 26 heavy (non-hydrogen) atoms. The lowest BCUT2D eigenvalue weighted by Gasteiger charge is -2.24. The molecule has 1 saturated heterocycles. The van der Waals surface area contributed by atoms with Crippen LogP contribution in [0.15, 0.2) is 30.3 Å². The van der Waals surface area contributed by atoms with E-state index in [1.54, 1.807) is 23.1 Å². The summed E-state index contributed by atoms with van der Waals surface area (Å²) in [6, 6.07) is 8.46. The SMILES string of the molecule is C[C@H]1[C@@H](C(=O)Nc2ccc(F)c(C#N)c2)CCN1C(=O)c1ccc(Cl)[nH]1. The van der Waals surface area contributed by atoms with Gasteiger partial charge in [0.2, 0.25) is 5.91 Å². The number of hydrogen-bond donors (Lipinski definition) is 2. The molecule has 0 saturated carbocycles. The summed E-state index contributed by atoms with van der Waals surface area (Å²) in [7, 11) is 0. The number of nitrogens with one attached hydrogen (secondary N) is 2. The molecule has 2 atom stereocenters. The number of benzene rings is 1. The van der Waals surface area contributed by atoms with Crippen LogP contribution in [0.5, 0.6) is 0 Å². The minimum Gasteiger partial charge on any atom is -0.342 e. The fourth-order valence-corrected chi connectivity index (χ4v) is 3.31. The van der Waals surface area contributed by atoms with Gasteiger partial charge in [0.1, 0.15) is 22.7 Å². The van der Waals surface area contributed by atoms with E-state index in [9.17, 15) is 14.0 Å². The van der Waals surface area contributed by atoms with E-state index in [1.807, 2.05) is 6.92 Å². The van der Waals surface area contributed by atoms with Gasteiger partial charge in [-0.3, -0.25) is 9.59 Å². The van der Waals surface area contributed by atoms with Crippen molar-refractivity contribution in [3.05, 3.63) is 52.6 Å². The van der Waals surface area contributed by atoms with E-state index in [-0.39, 0.29) is 23.4 Å². The van der Waals surface area contributed by atoms with Crippen molar-refractivity contribution in [2.24, 2.45) is 5.92 Å². The maximum Gasteiger partial charge on any atom is 0.270 e. The molecule has 134 valence electrons. The maximum absolute atomic E-state index is 13.4. The van der Waals surface area contributed by atoms with Gasteiger partial charge in [-0.2, -0.15) is 5.26 Å². The Morgan fingerprint density at radius 1 is 1.38 bits per heavy atom. The Labute approximate surface area is 154 Å². The molecule has 3 rings (SSSR count). The molecule has 0 spiro atoms. The Morgan fingerprint density at radius 2 is 2.15 bits per heavy atom. The van der Waals surface area contributed by atoms with Crippen LogP contribution in [0.1, 0.15) is 29.4 Å². The monoisotopic (exact) mass is 374 g/mol. The van der Waals surface area contributed by atoms with Gasteiger partial charge >= 0.3 is 0 Å². The number of rotatable bonds is 3. The molecule has 0 aliphatic carbocycles. The van der Waals surface area contributed by atoms with E-state index < -0.39 is 11.7 Å². The molecular formula is C18H16ClFN4O2. The third-order valence-corrected chi connectivity index (χ3v) is 4.81. The number of amides is 2. The van der Waals surface area contributed by atoms with E-state index in [1.165, 1.54) is 12.1 Å². The molecular weight excluding hydrogens is 359 g/mol. The van der Waals surface area contributed by atoms with Crippen molar-refractivity contribution >= 4 is 29.1 Å². The van der Waals surface area contributed by atoms with Gasteiger partial charge in [-0.05, 0) is 43.7 Å². The maximum atomic E-state index is 13.4. The molecule has 2 heterocycles. The third kappa shape index (κ3) is 3.41. The second-order valence-electron chi connectivity index (χ2n) is 6.15. The van der Waals surface area contributed by atoms with E-state index in [4.69, 9.17) is 16.9 Å². The molecule has 2 aromatic rings. The van der Waals surface area contributed by atoms with Gasteiger partial charge in [-0.1, -0.05) is 11.6 Å². The Morgan fingerprint density at radius 3 is 2.81 bits per heavy atom. The van der Waals surface area contributed by atoms with Crippen LogP contribution in [0.4, 0.5) is 10.1 Å². The fourth-order valence-electron chi connectivity index (χ4n) is 3.15. The smallest absolute Gasteiger partial charge is 0.270 e. The van der Waals surface area contributed by atoms with Gasteiger partial charge in [0.05, 0.1) is 11.5 Å². The molecule has 0 bridgehead atoms. The van der Waals surface area contributed by atoms with Crippen LogP contribution in [-0.4, -0.2) is 34.3 Å². The number of H-pyrrole nitrogens is 1. The van der Waals surface area contributed by atoms with Crippen LogP contribution < -0.4 is 5.32 Å². The Balaban J connectivity index is 1.69. The van der Waals surface area contributed by atoms with Gasteiger partial charge in [0.15, 0.2) is 0 Å². The van der Waals surface area contributed by atoms with Crippen LogP contribution >= 0.6 is 11.6 Å². The minimum absolute atomic E-state index is 0.136. The Kier molecular flexibility index (Phi) is 4.96. The molecule has 1 aliphatic heterocycles. The van der Waals surface area contributed by atoms with Crippen molar-refractivity contribution in [3.63, 3.8) is 0 Å². The number of aromatic nitrogens is 1.